The van der Waals surface area contributed by atoms with Crippen molar-refractivity contribution < 1.29 is 19.1 Å². The van der Waals surface area contributed by atoms with Crippen molar-refractivity contribution >= 4 is 17.5 Å². The summed E-state index contributed by atoms with van der Waals surface area (Å²) in [5.41, 5.74) is 1.41. The number of hydrogen-bond donors (Lipinski definition) is 0. The topological polar surface area (TPSA) is 83.8 Å². The molecule has 1 fully saturated rings. The Kier molecular flexibility index (Phi) is 4.23. The van der Waals surface area contributed by atoms with Crippen LogP contribution in [0.4, 0.5) is 5.69 Å². The molecule has 4 rings (SSSR count). The van der Waals surface area contributed by atoms with Crippen molar-refractivity contribution in [2.45, 2.75) is 18.6 Å². The Morgan fingerprint density at radius 2 is 1.70 bits per heavy atom. The summed E-state index contributed by atoms with van der Waals surface area (Å²) < 4.78 is 10.5. The molecule has 138 valence electrons. The van der Waals surface area contributed by atoms with Crippen LogP contribution in [0.15, 0.2) is 58.9 Å². The van der Waals surface area contributed by atoms with Crippen molar-refractivity contribution in [1.29, 1.82) is 0 Å². The first-order valence-electron chi connectivity index (χ1n) is 8.45. The van der Waals surface area contributed by atoms with E-state index in [1.165, 1.54) is 14.2 Å². The van der Waals surface area contributed by atoms with Gasteiger partial charge in [-0.1, -0.05) is 35.6 Å². The summed E-state index contributed by atoms with van der Waals surface area (Å²) in [6, 6.07) is 13.0. The van der Waals surface area contributed by atoms with Gasteiger partial charge in [-0.15, -0.1) is 0 Å². The second-order valence-electron chi connectivity index (χ2n) is 6.23. The molecule has 0 aromatic heterocycles. The molecule has 2 aliphatic rings. The van der Waals surface area contributed by atoms with Gasteiger partial charge in [0.15, 0.2) is 23.6 Å². The molecule has 0 radical (unpaired) electrons. The average Bonchev–Trinajstić information content (AvgIpc) is 3.22. The van der Waals surface area contributed by atoms with Crippen LogP contribution in [0.3, 0.4) is 0 Å². The van der Waals surface area contributed by atoms with Crippen molar-refractivity contribution in [3.63, 3.8) is 0 Å². The predicted octanol–water partition coefficient (Wildman–Crippen LogP) is 2.20. The number of anilines is 1. The molecule has 0 unspecified atom stereocenters. The molecule has 2 aliphatic heterocycles. The Hall–Kier alpha value is -3.42. The van der Waals surface area contributed by atoms with Crippen LogP contribution in [0.2, 0.25) is 0 Å². The molecule has 8 heteroatoms. The van der Waals surface area contributed by atoms with Crippen molar-refractivity contribution in [2.24, 2.45) is 10.3 Å². The Morgan fingerprint density at radius 1 is 0.963 bits per heavy atom. The van der Waals surface area contributed by atoms with Crippen LogP contribution in [0.1, 0.15) is 5.56 Å². The third-order valence-electron chi connectivity index (χ3n) is 4.67. The highest BCUT2D eigenvalue weighted by Gasteiger charge is 2.54. The third-order valence-corrected chi connectivity index (χ3v) is 4.67. The monoisotopic (exact) mass is 366 g/mol. The van der Waals surface area contributed by atoms with E-state index in [0.29, 0.717) is 23.7 Å². The lowest BCUT2D eigenvalue weighted by Gasteiger charge is -2.21. The fraction of sp³-hybridized carbons (Fsp3) is 0.263. The lowest BCUT2D eigenvalue weighted by molar-refractivity contribution is -0.123. The van der Waals surface area contributed by atoms with E-state index in [1.54, 1.807) is 23.2 Å². The largest absolute Gasteiger partial charge is 0.493 e. The number of carbonyl (C=O) groups excluding carboxylic acids is 2. The average molecular weight is 366 g/mol. The number of benzene rings is 2. The van der Waals surface area contributed by atoms with E-state index in [2.05, 4.69) is 10.3 Å². The van der Waals surface area contributed by atoms with E-state index in [4.69, 9.17) is 9.47 Å². The first kappa shape index (κ1) is 17.0. The van der Waals surface area contributed by atoms with Crippen LogP contribution >= 0.6 is 0 Å². The van der Waals surface area contributed by atoms with Gasteiger partial charge in [-0.3, -0.25) is 14.6 Å². The van der Waals surface area contributed by atoms with E-state index < -0.39 is 18.0 Å². The number of fused-ring (bicyclic) bond motifs is 1. The first-order chi connectivity index (χ1) is 13.1. The van der Waals surface area contributed by atoms with Crippen LogP contribution < -0.4 is 14.4 Å². The molecule has 0 aliphatic carbocycles. The van der Waals surface area contributed by atoms with E-state index in [9.17, 15) is 9.59 Å². The van der Waals surface area contributed by atoms with Crippen molar-refractivity contribution in [2.75, 3.05) is 19.1 Å². The molecule has 1 saturated heterocycles. The van der Waals surface area contributed by atoms with E-state index >= 15 is 0 Å². The zero-order valence-electron chi connectivity index (χ0n) is 14.9. The molecule has 0 saturated carbocycles. The molecule has 2 aromatic rings. The predicted molar refractivity (Wildman–Crippen MR) is 96.5 cm³/mol. The number of hydrogen-bond acceptors (Lipinski definition) is 7. The lowest BCUT2D eigenvalue weighted by Crippen LogP contribution is -2.39. The maximum atomic E-state index is 13.0. The van der Waals surface area contributed by atoms with E-state index in [-0.39, 0.29) is 5.91 Å². The van der Waals surface area contributed by atoms with Gasteiger partial charge in [0.1, 0.15) is 0 Å². The van der Waals surface area contributed by atoms with E-state index in [0.717, 1.165) is 10.5 Å². The summed E-state index contributed by atoms with van der Waals surface area (Å²) >= 11 is 0. The highest BCUT2D eigenvalue weighted by atomic mass is 16.5. The second kappa shape index (κ2) is 6.71. The van der Waals surface area contributed by atoms with Gasteiger partial charge in [0.25, 0.3) is 11.8 Å². The van der Waals surface area contributed by atoms with Gasteiger partial charge in [-0.05, 0) is 17.7 Å². The fourth-order valence-corrected chi connectivity index (χ4v) is 3.34. The molecule has 2 aromatic carbocycles. The minimum atomic E-state index is -0.825. The SMILES string of the molecule is COc1ccc(N2C(=O)[C@H]3N=NN(Cc4ccccc4)[C@@H]3C2=O)cc1OC. The van der Waals surface area contributed by atoms with Gasteiger partial charge in [0.2, 0.25) is 0 Å². The number of nitrogens with zero attached hydrogens (tertiary/aromatic N) is 4. The molecular formula is C19H18N4O4. The Morgan fingerprint density at radius 3 is 2.41 bits per heavy atom. The van der Waals surface area contributed by atoms with Crippen LogP contribution in [0.25, 0.3) is 0 Å². The van der Waals surface area contributed by atoms with Gasteiger partial charge in [-0.2, -0.15) is 5.11 Å². The minimum absolute atomic E-state index is 0.349. The molecule has 8 nitrogen and oxygen atoms in total. The molecule has 0 bridgehead atoms. The molecular weight excluding hydrogens is 348 g/mol. The van der Waals surface area contributed by atoms with Crippen molar-refractivity contribution in [1.82, 2.24) is 5.01 Å². The number of rotatable bonds is 5. The van der Waals surface area contributed by atoms with Crippen molar-refractivity contribution in [3.8, 4) is 11.5 Å². The third kappa shape index (κ3) is 2.79. The highest BCUT2D eigenvalue weighted by Crippen LogP contribution is 2.36. The summed E-state index contributed by atoms with van der Waals surface area (Å²) in [4.78, 5) is 27.0. The summed E-state index contributed by atoms with van der Waals surface area (Å²) in [5, 5.41) is 9.66. The summed E-state index contributed by atoms with van der Waals surface area (Å²) in [6.45, 7) is 0.407. The molecule has 2 atom stereocenters. The lowest BCUT2D eigenvalue weighted by atomic mass is 10.1. The second-order valence-corrected chi connectivity index (χ2v) is 6.23. The van der Waals surface area contributed by atoms with Gasteiger partial charge < -0.3 is 9.47 Å². The van der Waals surface area contributed by atoms with Crippen molar-refractivity contribution in [3.05, 3.63) is 54.1 Å². The van der Waals surface area contributed by atoms with Gasteiger partial charge in [-0.25, -0.2) is 4.90 Å². The maximum absolute atomic E-state index is 13.0. The Bertz CT molecular complexity index is 915. The number of amides is 2. The van der Waals surface area contributed by atoms with E-state index in [1.807, 2.05) is 30.3 Å². The molecule has 0 spiro atoms. The fourth-order valence-electron chi connectivity index (χ4n) is 3.34. The highest BCUT2D eigenvalue weighted by molar-refractivity contribution is 6.25. The van der Waals surface area contributed by atoms with Crippen LogP contribution in [0.5, 0.6) is 11.5 Å². The summed E-state index contributed by atoms with van der Waals surface area (Å²) in [5.74, 6) is 0.219. The number of carbonyl (C=O) groups is 2. The smallest absolute Gasteiger partial charge is 0.263 e. The van der Waals surface area contributed by atoms with Gasteiger partial charge in [0.05, 0.1) is 26.5 Å². The number of imide groups is 1. The summed E-state index contributed by atoms with van der Waals surface area (Å²) in [7, 11) is 3.02. The van der Waals surface area contributed by atoms with Crippen LogP contribution in [-0.2, 0) is 16.1 Å². The molecule has 0 N–H and O–H groups in total. The molecule has 27 heavy (non-hydrogen) atoms. The van der Waals surface area contributed by atoms with Gasteiger partial charge >= 0.3 is 0 Å². The molecule has 2 heterocycles. The maximum Gasteiger partial charge on any atom is 0.263 e. The Balaban J connectivity index is 1.62. The molecule has 2 amide bonds. The first-order valence-corrected chi connectivity index (χ1v) is 8.45. The standard InChI is InChI=1S/C19H18N4O4/c1-26-14-9-8-13(10-15(14)27-2)23-18(24)16-17(19(23)25)22(21-20-16)11-12-6-4-3-5-7-12/h3-10,16-17H,11H2,1-2H3/t16-,17-/m0/s1. The Labute approximate surface area is 156 Å². The van der Waals surface area contributed by atoms with Gasteiger partial charge in [0, 0.05) is 6.07 Å². The minimum Gasteiger partial charge on any atom is -0.493 e. The van der Waals surface area contributed by atoms with Crippen LogP contribution in [-0.4, -0.2) is 43.1 Å². The number of methoxy groups -OCH3 is 2. The normalized spacial score (nSPS) is 21.0. The van der Waals surface area contributed by atoms with Crippen LogP contribution in [0, 0.1) is 0 Å². The number of ether oxygens (including phenoxy) is 2. The zero-order chi connectivity index (χ0) is 19.0. The summed E-state index contributed by atoms with van der Waals surface area (Å²) in [6.07, 6.45) is 0. The zero-order valence-corrected chi connectivity index (χ0v) is 14.9. The quantitative estimate of drug-likeness (QED) is 0.758.